The summed E-state index contributed by atoms with van der Waals surface area (Å²) in [7, 11) is 0. The van der Waals surface area contributed by atoms with Crippen molar-refractivity contribution >= 4 is 23.4 Å². The fourth-order valence-electron chi connectivity index (χ4n) is 3.48. The molecule has 1 aliphatic carbocycles. The molecule has 118 valence electrons. The second-order valence-electron chi connectivity index (χ2n) is 5.81. The molecule has 0 spiro atoms. The van der Waals surface area contributed by atoms with Crippen LogP contribution in [0.5, 0.6) is 0 Å². The number of imidazole rings is 1. The summed E-state index contributed by atoms with van der Waals surface area (Å²) >= 11 is 0. The highest BCUT2D eigenvalue weighted by Gasteiger charge is 2.28. The first-order valence-electron chi connectivity index (χ1n) is 7.61. The lowest BCUT2D eigenvalue weighted by Crippen LogP contribution is -2.07. The molecule has 1 aliphatic rings. The molecular formula is C19H15ClN4. The highest BCUT2D eigenvalue weighted by atomic mass is 35.5. The summed E-state index contributed by atoms with van der Waals surface area (Å²) in [6, 6.07) is 16.4. The van der Waals surface area contributed by atoms with E-state index in [0.29, 0.717) is 0 Å². The number of H-pyrrole nitrogens is 1. The van der Waals surface area contributed by atoms with Crippen molar-refractivity contribution in [1.29, 1.82) is 0 Å². The summed E-state index contributed by atoms with van der Waals surface area (Å²) in [6.45, 7) is 0. The molecule has 2 aromatic heterocycles. The van der Waals surface area contributed by atoms with Crippen LogP contribution in [0.3, 0.4) is 0 Å². The Kier molecular flexibility index (Phi) is 3.37. The molecule has 2 heterocycles. The Labute approximate surface area is 145 Å². The molecule has 4 nitrogen and oxygen atoms in total. The third kappa shape index (κ3) is 1.97. The Morgan fingerprint density at radius 3 is 2.58 bits per heavy atom. The lowest BCUT2D eigenvalue weighted by Gasteiger charge is -2.08. The van der Waals surface area contributed by atoms with Crippen molar-refractivity contribution < 1.29 is 0 Å². The van der Waals surface area contributed by atoms with Crippen molar-refractivity contribution in [1.82, 2.24) is 15.0 Å². The molecule has 1 atom stereocenters. The molecule has 1 unspecified atom stereocenters. The third-order valence-electron chi connectivity index (χ3n) is 4.54. The Morgan fingerprint density at radius 1 is 0.917 bits per heavy atom. The van der Waals surface area contributed by atoms with Gasteiger partial charge in [-0.3, -0.25) is 4.98 Å². The summed E-state index contributed by atoms with van der Waals surface area (Å²) in [5.74, 6) is 0.855. The normalized spacial score (nSPS) is 15.0. The summed E-state index contributed by atoms with van der Waals surface area (Å²) in [6.07, 6.45) is 3.56. The number of benzene rings is 2. The van der Waals surface area contributed by atoms with Gasteiger partial charge in [-0.05, 0) is 28.3 Å². The first kappa shape index (κ1) is 14.9. The fourth-order valence-corrected chi connectivity index (χ4v) is 3.48. The zero-order chi connectivity index (χ0) is 15.4. The quantitative estimate of drug-likeness (QED) is 0.551. The van der Waals surface area contributed by atoms with Gasteiger partial charge in [0, 0.05) is 11.8 Å². The van der Waals surface area contributed by atoms with Crippen molar-refractivity contribution in [2.75, 3.05) is 0 Å². The molecule has 2 aromatic carbocycles. The third-order valence-corrected chi connectivity index (χ3v) is 4.54. The number of aromatic nitrogens is 3. The van der Waals surface area contributed by atoms with Gasteiger partial charge in [0.05, 0.1) is 23.3 Å². The maximum Gasteiger partial charge on any atom is 0.139 e. The van der Waals surface area contributed by atoms with Crippen LogP contribution in [0, 0.1) is 0 Å². The van der Waals surface area contributed by atoms with Gasteiger partial charge in [0.1, 0.15) is 5.82 Å². The molecule has 0 fully saturated rings. The molecule has 24 heavy (non-hydrogen) atoms. The SMILES string of the molecule is Cl.NC1c2ccccc2-c2c(-c3nc4ccncc4[nH]3)cccc21. The topological polar surface area (TPSA) is 67.6 Å². The van der Waals surface area contributed by atoms with E-state index in [1.165, 1.54) is 16.7 Å². The number of halogens is 1. The van der Waals surface area contributed by atoms with E-state index in [9.17, 15) is 0 Å². The molecule has 0 amide bonds. The van der Waals surface area contributed by atoms with Gasteiger partial charge in [0.2, 0.25) is 0 Å². The van der Waals surface area contributed by atoms with Crippen molar-refractivity contribution in [3.05, 3.63) is 72.1 Å². The summed E-state index contributed by atoms with van der Waals surface area (Å²) < 4.78 is 0. The highest BCUT2D eigenvalue weighted by Crippen LogP contribution is 2.46. The van der Waals surface area contributed by atoms with Gasteiger partial charge in [0.25, 0.3) is 0 Å². The number of aromatic amines is 1. The van der Waals surface area contributed by atoms with E-state index in [1.807, 2.05) is 18.2 Å². The number of nitrogens with one attached hydrogen (secondary N) is 1. The molecule has 5 rings (SSSR count). The number of nitrogens with zero attached hydrogens (tertiary/aromatic N) is 2. The maximum atomic E-state index is 6.44. The van der Waals surface area contributed by atoms with Gasteiger partial charge in [-0.15, -0.1) is 12.4 Å². The Bertz CT molecular complexity index is 1020. The van der Waals surface area contributed by atoms with Crippen LogP contribution in [-0.2, 0) is 0 Å². The molecule has 0 saturated carbocycles. The summed E-state index contributed by atoms with van der Waals surface area (Å²) in [5.41, 5.74) is 14.1. The summed E-state index contributed by atoms with van der Waals surface area (Å²) in [4.78, 5) is 12.2. The Hall–Kier alpha value is -2.69. The Balaban J connectivity index is 0.00000146. The van der Waals surface area contributed by atoms with Gasteiger partial charge in [0.15, 0.2) is 0 Å². The molecule has 0 bridgehead atoms. The highest BCUT2D eigenvalue weighted by molar-refractivity contribution is 5.91. The first-order chi connectivity index (χ1) is 11.3. The molecular weight excluding hydrogens is 320 g/mol. The minimum Gasteiger partial charge on any atom is -0.337 e. The van der Waals surface area contributed by atoms with Crippen LogP contribution in [-0.4, -0.2) is 15.0 Å². The van der Waals surface area contributed by atoms with Gasteiger partial charge in [-0.1, -0.05) is 42.5 Å². The average molecular weight is 335 g/mol. The number of hydrogen-bond donors (Lipinski definition) is 2. The van der Waals surface area contributed by atoms with Crippen LogP contribution in [0.1, 0.15) is 17.2 Å². The number of hydrogen-bond acceptors (Lipinski definition) is 3. The largest absolute Gasteiger partial charge is 0.337 e. The molecule has 4 aromatic rings. The van der Waals surface area contributed by atoms with Gasteiger partial charge in [-0.2, -0.15) is 0 Å². The van der Waals surface area contributed by atoms with E-state index < -0.39 is 0 Å². The molecule has 3 N–H and O–H groups in total. The lowest BCUT2D eigenvalue weighted by atomic mass is 9.99. The number of nitrogens with two attached hydrogens (primary N) is 1. The standard InChI is InChI=1S/C19H14N4.ClH/c20-18-12-5-2-1-4-11(12)17-13(18)6-3-7-14(17)19-22-15-8-9-21-10-16(15)23-19;/h1-10,18H,20H2,(H,22,23);1H. The summed E-state index contributed by atoms with van der Waals surface area (Å²) in [5, 5.41) is 0. The second-order valence-corrected chi connectivity index (χ2v) is 5.81. The molecule has 0 radical (unpaired) electrons. The van der Waals surface area contributed by atoms with Crippen LogP contribution >= 0.6 is 12.4 Å². The van der Waals surface area contributed by atoms with Gasteiger partial charge in [-0.25, -0.2) is 4.98 Å². The van der Waals surface area contributed by atoms with E-state index >= 15 is 0 Å². The number of fused-ring (bicyclic) bond motifs is 4. The maximum absolute atomic E-state index is 6.44. The second kappa shape index (κ2) is 5.44. The van der Waals surface area contributed by atoms with Crippen LogP contribution in [0.15, 0.2) is 60.9 Å². The predicted molar refractivity (Wildman–Crippen MR) is 98.0 cm³/mol. The van der Waals surface area contributed by atoms with Crippen LogP contribution in [0.4, 0.5) is 0 Å². The monoisotopic (exact) mass is 334 g/mol. The van der Waals surface area contributed by atoms with Crippen LogP contribution in [0.25, 0.3) is 33.5 Å². The van der Waals surface area contributed by atoms with Crippen molar-refractivity contribution in [3.8, 4) is 22.5 Å². The zero-order valence-corrected chi connectivity index (χ0v) is 13.5. The van der Waals surface area contributed by atoms with E-state index in [0.717, 1.165) is 28.0 Å². The van der Waals surface area contributed by atoms with E-state index in [4.69, 9.17) is 10.7 Å². The van der Waals surface area contributed by atoms with Crippen molar-refractivity contribution in [2.45, 2.75) is 6.04 Å². The smallest absolute Gasteiger partial charge is 0.139 e. The minimum atomic E-state index is -0.0767. The van der Waals surface area contributed by atoms with Crippen molar-refractivity contribution in [3.63, 3.8) is 0 Å². The van der Waals surface area contributed by atoms with E-state index in [-0.39, 0.29) is 18.4 Å². The first-order valence-corrected chi connectivity index (χ1v) is 7.61. The molecule has 5 heteroatoms. The predicted octanol–water partition coefficient (Wildman–Crippen LogP) is 4.08. The fraction of sp³-hybridized carbons (Fsp3) is 0.0526. The number of rotatable bonds is 1. The molecule has 0 saturated heterocycles. The zero-order valence-electron chi connectivity index (χ0n) is 12.7. The molecule has 0 aliphatic heterocycles. The lowest BCUT2D eigenvalue weighted by molar-refractivity contribution is 0.901. The van der Waals surface area contributed by atoms with Crippen LogP contribution in [0.2, 0.25) is 0 Å². The van der Waals surface area contributed by atoms with Crippen molar-refractivity contribution in [2.24, 2.45) is 5.73 Å². The van der Waals surface area contributed by atoms with Crippen LogP contribution < -0.4 is 5.73 Å². The average Bonchev–Trinajstić information content (AvgIpc) is 3.15. The minimum absolute atomic E-state index is 0. The van der Waals surface area contributed by atoms with Gasteiger partial charge < -0.3 is 10.7 Å². The Morgan fingerprint density at radius 2 is 1.71 bits per heavy atom. The van der Waals surface area contributed by atoms with E-state index in [2.05, 4.69) is 40.3 Å². The van der Waals surface area contributed by atoms with E-state index in [1.54, 1.807) is 12.4 Å². The van der Waals surface area contributed by atoms with Gasteiger partial charge >= 0.3 is 0 Å². The number of pyridine rings is 1.